The summed E-state index contributed by atoms with van der Waals surface area (Å²) in [6.45, 7) is 1.71. The van der Waals surface area contributed by atoms with Gasteiger partial charge < -0.3 is 4.74 Å². The van der Waals surface area contributed by atoms with Gasteiger partial charge in [-0.05, 0) is 37.3 Å². The number of amides is 1. The number of para-hydroxylation sites is 1. The highest BCUT2D eigenvalue weighted by Crippen LogP contribution is 2.33. The van der Waals surface area contributed by atoms with Gasteiger partial charge in [0, 0.05) is 10.9 Å². The molecule has 0 spiro atoms. The molecule has 0 unspecified atom stereocenters. The number of hydrogen-bond donors (Lipinski definition) is 1. The van der Waals surface area contributed by atoms with Crippen LogP contribution >= 0.6 is 22.9 Å². The number of ether oxygens (including phenoxy) is 1. The van der Waals surface area contributed by atoms with Crippen molar-refractivity contribution in [2.75, 3.05) is 12.4 Å². The number of aryl methyl sites for hydroxylation is 1. The maximum Gasteiger partial charge on any atom is 0.262 e. The van der Waals surface area contributed by atoms with Crippen LogP contribution in [0.5, 0.6) is 5.75 Å². The van der Waals surface area contributed by atoms with E-state index in [0.717, 1.165) is 5.69 Å². The number of thiazole rings is 1. The van der Waals surface area contributed by atoms with Gasteiger partial charge in [0.15, 0.2) is 5.13 Å². The first-order valence-electron chi connectivity index (χ1n) is 8.89. The zero-order valence-electron chi connectivity index (χ0n) is 16.0. The van der Waals surface area contributed by atoms with Crippen molar-refractivity contribution in [1.29, 1.82) is 0 Å². The number of nitrogens with zero attached hydrogens (tertiary/aromatic N) is 3. The second-order valence-electron chi connectivity index (χ2n) is 6.34. The molecule has 2 aromatic heterocycles. The molecule has 4 aromatic rings. The quantitative estimate of drug-likeness (QED) is 0.452. The maximum atomic E-state index is 13.7. The summed E-state index contributed by atoms with van der Waals surface area (Å²) in [7, 11) is 1.50. The van der Waals surface area contributed by atoms with Gasteiger partial charge in [0.25, 0.3) is 5.91 Å². The topological polar surface area (TPSA) is 69.0 Å². The van der Waals surface area contributed by atoms with Crippen LogP contribution in [0.25, 0.3) is 16.9 Å². The molecule has 2 heterocycles. The lowest BCUT2D eigenvalue weighted by atomic mass is 10.1. The van der Waals surface area contributed by atoms with Crippen LogP contribution in [0.2, 0.25) is 5.15 Å². The SMILES string of the molecule is COc1ccc(F)cc1-c1csc(NC(=O)c2c(C)nn(-c3ccccc3)c2Cl)n1. The minimum Gasteiger partial charge on any atom is -0.496 e. The Morgan fingerprint density at radius 1 is 1.23 bits per heavy atom. The highest BCUT2D eigenvalue weighted by molar-refractivity contribution is 7.14. The van der Waals surface area contributed by atoms with Crippen LogP contribution in [0.3, 0.4) is 0 Å². The predicted octanol–water partition coefficient (Wildman–Crippen LogP) is 5.36. The highest BCUT2D eigenvalue weighted by Gasteiger charge is 2.22. The first-order valence-corrected chi connectivity index (χ1v) is 10.1. The Balaban J connectivity index is 1.61. The molecule has 0 bridgehead atoms. The van der Waals surface area contributed by atoms with Crippen molar-refractivity contribution in [2.24, 2.45) is 0 Å². The van der Waals surface area contributed by atoms with Crippen LogP contribution in [0.4, 0.5) is 9.52 Å². The molecule has 1 amide bonds. The second-order valence-corrected chi connectivity index (χ2v) is 7.55. The van der Waals surface area contributed by atoms with Crippen molar-refractivity contribution in [3.63, 3.8) is 0 Å². The molecule has 30 heavy (non-hydrogen) atoms. The van der Waals surface area contributed by atoms with Gasteiger partial charge in [-0.2, -0.15) is 5.10 Å². The van der Waals surface area contributed by atoms with Gasteiger partial charge in [-0.3, -0.25) is 10.1 Å². The summed E-state index contributed by atoms with van der Waals surface area (Å²) in [5.74, 6) is -0.338. The first-order chi connectivity index (χ1) is 14.5. The predicted molar refractivity (Wildman–Crippen MR) is 115 cm³/mol. The molecule has 0 saturated heterocycles. The number of methoxy groups -OCH3 is 1. The van der Waals surface area contributed by atoms with Crippen LogP contribution < -0.4 is 10.1 Å². The smallest absolute Gasteiger partial charge is 0.262 e. The number of anilines is 1. The fourth-order valence-electron chi connectivity index (χ4n) is 2.99. The summed E-state index contributed by atoms with van der Waals surface area (Å²) in [6.07, 6.45) is 0. The van der Waals surface area contributed by atoms with E-state index < -0.39 is 11.7 Å². The average Bonchev–Trinajstić information content (AvgIpc) is 3.32. The minimum atomic E-state index is -0.424. The Morgan fingerprint density at radius 2 is 2.00 bits per heavy atom. The van der Waals surface area contributed by atoms with E-state index in [0.29, 0.717) is 27.8 Å². The number of aromatic nitrogens is 3. The molecule has 0 atom stereocenters. The largest absolute Gasteiger partial charge is 0.496 e. The Bertz CT molecular complexity index is 1220. The van der Waals surface area contributed by atoms with Gasteiger partial charge in [-0.1, -0.05) is 29.8 Å². The number of carbonyl (C=O) groups excluding carboxylic acids is 1. The van der Waals surface area contributed by atoms with E-state index in [9.17, 15) is 9.18 Å². The van der Waals surface area contributed by atoms with Gasteiger partial charge in [-0.25, -0.2) is 14.1 Å². The van der Waals surface area contributed by atoms with E-state index in [-0.39, 0.29) is 10.7 Å². The Morgan fingerprint density at radius 3 is 2.73 bits per heavy atom. The molecule has 152 valence electrons. The van der Waals surface area contributed by atoms with Crippen molar-refractivity contribution in [2.45, 2.75) is 6.92 Å². The maximum absolute atomic E-state index is 13.7. The summed E-state index contributed by atoms with van der Waals surface area (Å²) >= 11 is 7.66. The number of rotatable bonds is 5. The van der Waals surface area contributed by atoms with Crippen LogP contribution in [-0.4, -0.2) is 27.8 Å². The Labute approximate surface area is 180 Å². The Hall–Kier alpha value is -3.23. The molecular weight excluding hydrogens is 427 g/mol. The number of nitrogens with one attached hydrogen (secondary N) is 1. The van der Waals surface area contributed by atoms with Crippen LogP contribution in [0, 0.1) is 12.7 Å². The van der Waals surface area contributed by atoms with Crippen LogP contribution in [-0.2, 0) is 0 Å². The van der Waals surface area contributed by atoms with E-state index in [1.54, 1.807) is 12.3 Å². The lowest BCUT2D eigenvalue weighted by Crippen LogP contribution is -2.13. The Kier molecular flexibility index (Phi) is 5.52. The molecule has 2 aromatic carbocycles. The molecule has 0 aliphatic rings. The molecule has 0 radical (unpaired) electrons. The summed E-state index contributed by atoms with van der Waals surface area (Å²) in [6, 6.07) is 13.5. The number of benzene rings is 2. The van der Waals surface area contributed by atoms with E-state index >= 15 is 0 Å². The monoisotopic (exact) mass is 442 g/mol. The standard InChI is InChI=1S/C21H16ClFN4O2S/c1-12-18(19(22)27(26-12)14-6-4-3-5-7-14)20(28)25-21-24-16(11-30-21)15-10-13(23)8-9-17(15)29-2/h3-11H,1-2H3,(H,24,25,28). The highest BCUT2D eigenvalue weighted by atomic mass is 35.5. The molecule has 0 fully saturated rings. The normalized spacial score (nSPS) is 10.8. The zero-order chi connectivity index (χ0) is 21.3. The van der Waals surface area contributed by atoms with Crippen molar-refractivity contribution < 1.29 is 13.9 Å². The number of hydrogen-bond acceptors (Lipinski definition) is 5. The molecule has 6 nitrogen and oxygen atoms in total. The number of halogens is 2. The average molecular weight is 443 g/mol. The van der Waals surface area contributed by atoms with E-state index in [1.165, 1.54) is 41.3 Å². The summed E-state index contributed by atoms with van der Waals surface area (Å²) in [5, 5.41) is 9.40. The third kappa shape index (κ3) is 3.79. The van der Waals surface area contributed by atoms with Gasteiger partial charge >= 0.3 is 0 Å². The second kappa shape index (κ2) is 8.25. The third-order valence-electron chi connectivity index (χ3n) is 4.39. The van der Waals surface area contributed by atoms with Crippen LogP contribution in [0.15, 0.2) is 53.9 Å². The first kappa shape index (κ1) is 20.1. The summed E-state index contributed by atoms with van der Waals surface area (Å²) in [5.41, 5.74) is 2.50. The van der Waals surface area contributed by atoms with Gasteiger partial charge in [0.2, 0.25) is 0 Å². The van der Waals surface area contributed by atoms with Crippen molar-refractivity contribution in [1.82, 2.24) is 14.8 Å². The lowest BCUT2D eigenvalue weighted by molar-refractivity contribution is 0.102. The van der Waals surface area contributed by atoms with Crippen molar-refractivity contribution >= 4 is 34.0 Å². The molecule has 9 heteroatoms. The van der Waals surface area contributed by atoms with E-state index in [4.69, 9.17) is 16.3 Å². The molecular formula is C21H16ClFN4O2S. The minimum absolute atomic E-state index is 0.208. The van der Waals surface area contributed by atoms with Crippen LogP contribution in [0.1, 0.15) is 16.1 Å². The molecule has 0 aliphatic carbocycles. The molecule has 1 N–H and O–H groups in total. The van der Waals surface area contributed by atoms with Crippen molar-refractivity contribution in [3.05, 3.63) is 76.1 Å². The van der Waals surface area contributed by atoms with Crippen molar-refractivity contribution in [3.8, 4) is 22.7 Å². The molecule has 4 rings (SSSR count). The zero-order valence-corrected chi connectivity index (χ0v) is 17.6. The lowest BCUT2D eigenvalue weighted by Gasteiger charge is -2.06. The van der Waals surface area contributed by atoms with Gasteiger partial charge in [0.05, 0.1) is 24.2 Å². The molecule has 0 saturated carbocycles. The van der Waals surface area contributed by atoms with E-state index in [2.05, 4.69) is 15.4 Å². The van der Waals surface area contributed by atoms with E-state index in [1.807, 2.05) is 30.3 Å². The fourth-order valence-corrected chi connectivity index (χ4v) is 4.06. The molecule has 0 aliphatic heterocycles. The summed E-state index contributed by atoms with van der Waals surface area (Å²) in [4.78, 5) is 17.2. The fraction of sp³-hybridized carbons (Fsp3) is 0.0952. The van der Waals surface area contributed by atoms with Gasteiger partial charge in [0.1, 0.15) is 22.3 Å². The number of carbonyl (C=O) groups is 1. The summed E-state index contributed by atoms with van der Waals surface area (Å²) < 4.78 is 20.4. The van der Waals surface area contributed by atoms with Gasteiger partial charge in [-0.15, -0.1) is 11.3 Å². The third-order valence-corrected chi connectivity index (χ3v) is 5.50.